The van der Waals surface area contributed by atoms with Crippen LogP contribution >= 0.6 is 0 Å². The highest BCUT2D eigenvalue weighted by Crippen LogP contribution is 2.33. The van der Waals surface area contributed by atoms with Crippen molar-refractivity contribution in [2.24, 2.45) is 5.92 Å². The lowest BCUT2D eigenvalue weighted by atomic mass is 10.2. The van der Waals surface area contributed by atoms with Crippen LogP contribution in [-0.4, -0.2) is 35.1 Å². The lowest BCUT2D eigenvalue weighted by molar-refractivity contribution is -0.133. The standard InChI is InChI=1S/C10H17NO2/c12-7-9-2-1-5-11(9)10(13)6-8-3-4-8/h8-9,12H,1-7H2/t9-/m0/s1. The van der Waals surface area contributed by atoms with Gasteiger partial charge in [0.15, 0.2) is 0 Å². The van der Waals surface area contributed by atoms with Gasteiger partial charge in [-0.1, -0.05) is 0 Å². The summed E-state index contributed by atoms with van der Waals surface area (Å²) in [7, 11) is 0. The molecule has 0 unspecified atom stereocenters. The molecule has 74 valence electrons. The smallest absolute Gasteiger partial charge is 0.223 e. The molecule has 3 heteroatoms. The number of likely N-dealkylation sites (tertiary alicyclic amines) is 1. The molecule has 0 radical (unpaired) electrons. The Hall–Kier alpha value is -0.570. The van der Waals surface area contributed by atoms with E-state index in [2.05, 4.69) is 0 Å². The first-order valence-electron chi connectivity index (χ1n) is 5.21. The number of amides is 1. The molecule has 1 atom stereocenters. The van der Waals surface area contributed by atoms with Crippen molar-refractivity contribution in [1.82, 2.24) is 4.90 Å². The van der Waals surface area contributed by atoms with Crippen molar-refractivity contribution in [3.8, 4) is 0 Å². The quantitative estimate of drug-likeness (QED) is 0.702. The minimum atomic E-state index is 0.117. The lowest BCUT2D eigenvalue weighted by Crippen LogP contribution is -2.37. The van der Waals surface area contributed by atoms with Gasteiger partial charge in [-0.15, -0.1) is 0 Å². The van der Waals surface area contributed by atoms with Crippen LogP contribution in [0.5, 0.6) is 0 Å². The maximum Gasteiger partial charge on any atom is 0.223 e. The topological polar surface area (TPSA) is 40.5 Å². The highest BCUT2D eigenvalue weighted by atomic mass is 16.3. The largest absolute Gasteiger partial charge is 0.394 e. The van der Waals surface area contributed by atoms with Crippen molar-refractivity contribution in [3.05, 3.63) is 0 Å². The zero-order valence-corrected chi connectivity index (χ0v) is 7.91. The van der Waals surface area contributed by atoms with Crippen LogP contribution in [0.15, 0.2) is 0 Å². The summed E-state index contributed by atoms with van der Waals surface area (Å²) in [6.45, 7) is 0.993. The van der Waals surface area contributed by atoms with Gasteiger partial charge in [0, 0.05) is 13.0 Å². The van der Waals surface area contributed by atoms with Crippen molar-refractivity contribution in [3.63, 3.8) is 0 Å². The van der Waals surface area contributed by atoms with E-state index in [0.29, 0.717) is 5.92 Å². The van der Waals surface area contributed by atoms with Gasteiger partial charge in [-0.25, -0.2) is 0 Å². The van der Waals surface area contributed by atoms with Gasteiger partial charge >= 0.3 is 0 Å². The van der Waals surface area contributed by atoms with E-state index in [1.807, 2.05) is 4.90 Å². The van der Waals surface area contributed by atoms with Crippen LogP contribution in [-0.2, 0) is 4.79 Å². The first-order valence-corrected chi connectivity index (χ1v) is 5.21. The first-order chi connectivity index (χ1) is 6.31. The molecule has 0 bridgehead atoms. The number of aliphatic hydroxyl groups excluding tert-OH is 1. The van der Waals surface area contributed by atoms with E-state index in [4.69, 9.17) is 5.11 Å². The van der Waals surface area contributed by atoms with Crippen molar-refractivity contribution < 1.29 is 9.90 Å². The molecule has 1 aliphatic carbocycles. The maximum absolute atomic E-state index is 11.7. The molecule has 1 saturated carbocycles. The summed E-state index contributed by atoms with van der Waals surface area (Å²) in [6.07, 6.45) is 5.21. The highest BCUT2D eigenvalue weighted by molar-refractivity contribution is 5.77. The zero-order valence-electron chi connectivity index (χ0n) is 7.91. The van der Waals surface area contributed by atoms with E-state index in [-0.39, 0.29) is 18.6 Å². The van der Waals surface area contributed by atoms with Crippen LogP contribution in [0, 0.1) is 5.92 Å². The maximum atomic E-state index is 11.7. The van der Waals surface area contributed by atoms with E-state index in [0.717, 1.165) is 25.8 Å². The Morgan fingerprint density at radius 1 is 1.38 bits per heavy atom. The van der Waals surface area contributed by atoms with Crippen LogP contribution in [0.3, 0.4) is 0 Å². The molecule has 1 heterocycles. The number of nitrogens with zero attached hydrogens (tertiary/aromatic N) is 1. The molecular weight excluding hydrogens is 166 g/mol. The molecule has 0 aromatic heterocycles. The molecule has 1 aliphatic heterocycles. The molecule has 2 fully saturated rings. The first kappa shape index (κ1) is 9.00. The predicted octanol–water partition coefficient (Wildman–Crippen LogP) is 0.770. The second-order valence-electron chi connectivity index (χ2n) is 4.21. The average molecular weight is 183 g/mol. The monoisotopic (exact) mass is 183 g/mol. The molecule has 3 nitrogen and oxygen atoms in total. The summed E-state index contributed by atoms with van der Waals surface area (Å²) >= 11 is 0. The Bertz CT molecular complexity index is 201. The van der Waals surface area contributed by atoms with Crippen LogP contribution in [0.1, 0.15) is 32.1 Å². The van der Waals surface area contributed by atoms with Gasteiger partial charge in [0.25, 0.3) is 0 Å². The van der Waals surface area contributed by atoms with Gasteiger partial charge in [0.2, 0.25) is 5.91 Å². The fourth-order valence-electron chi connectivity index (χ4n) is 2.04. The van der Waals surface area contributed by atoms with Gasteiger partial charge in [-0.2, -0.15) is 0 Å². The molecule has 13 heavy (non-hydrogen) atoms. The number of carbonyl (C=O) groups is 1. The molecular formula is C10H17NO2. The number of carbonyl (C=O) groups excluding carboxylic acids is 1. The summed E-state index contributed by atoms with van der Waals surface area (Å²) < 4.78 is 0. The summed E-state index contributed by atoms with van der Waals surface area (Å²) in [5, 5.41) is 9.04. The Morgan fingerprint density at radius 2 is 2.15 bits per heavy atom. The Kier molecular flexibility index (Phi) is 2.54. The van der Waals surface area contributed by atoms with E-state index in [1.54, 1.807) is 0 Å². The van der Waals surface area contributed by atoms with E-state index >= 15 is 0 Å². The summed E-state index contributed by atoms with van der Waals surface area (Å²) in [4.78, 5) is 13.6. The molecule has 0 aromatic rings. The van der Waals surface area contributed by atoms with E-state index in [1.165, 1.54) is 12.8 Å². The van der Waals surface area contributed by atoms with Crippen LogP contribution in [0.2, 0.25) is 0 Å². The second kappa shape index (κ2) is 3.66. The van der Waals surface area contributed by atoms with Gasteiger partial charge in [0.05, 0.1) is 12.6 Å². The molecule has 2 rings (SSSR count). The number of hydrogen-bond acceptors (Lipinski definition) is 2. The van der Waals surface area contributed by atoms with Gasteiger partial charge in [0.1, 0.15) is 0 Å². The normalized spacial score (nSPS) is 28.1. The minimum absolute atomic E-state index is 0.117. The van der Waals surface area contributed by atoms with Crippen LogP contribution in [0.4, 0.5) is 0 Å². The van der Waals surface area contributed by atoms with Crippen molar-refractivity contribution in [1.29, 1.82) is 0 Å². The van der Waals surface area contributed by atoms with Crippen LogP contribution in [0.25, 0.3) is 0 Å². The number of rotatable bonds is 3. The molecule has 0 spiro atoms. The number of hydrogen-bond donors (Lipinski definition) is 1. The summed E-state index contributed by atoms with van der Waals surface area (Å²) in [6, 6.07) is 0.117. The molecule has 1 saturated heterocycles. The molecule has 1 amide bonds. The van der Waals surface area contributed by atoms with E-state index < -0.39 is 0 Å². The fourth-order valence-corrected chi connectivity index (χ4v) is 2.04. The van der Waals surface area contributed by atoms with Crippen molar-refractivity contribution >= 4 is 5.91 Å². The molecule has 0 aromatic carbocycles. The highest BCUT2D eigenvalue weighted by Gasteiger charge is 2.32. The fraction of sp³-hybridized carbons (Fsp3) is 0.900. The zero-order chi connectivity index (χ0) is 9.26. The third kappa shape index (κ3) is 2.02. The minimum Gasteiger partial charge on any atom is -0.394 e. The third-order valence-electron chi connectivity index (χ3n) is 3.07. The Balaban J connectivity index is 1.86. The van der Waals surface area contributed by atoms with Gasteiger partial charge < -0.3 is 10.0 Å². The molecule has 2 aliphatic rings. The number of aliphatic hydroxyl groups is 1. The van der Waals surface area contributed by atoms with Gasteiger partial charge in [-0.05, 0) is 31.6 Å². The Morgan fingerprint density at radius 3 is 2.77 bits per heavy atom. The predicted molar refractivity (Wildman–Crippen MR) is 49.2 cm³/mol. The van der Waals surface area contributed by atoms with Crippen LogP contribution < -0.4 is 0 Å². The second-order valence-corrected chi connectivity index (χ2v) is 4.21. The summed E-state index contributed by atoms with van der Waals surface area (Å²) in [5.74, 6) is 0.923. The van der Waals surface area contributed by atoms with E-state index in [9.17, 15) is 4.79 Å². The van der Waals surface area contributed by atoms with Gasteiger partial charge in [-0.3, -0.25) is 4.79 Å². The Labute approximate surface area is 78.7 Å². The SMILES string of the molecule is O=C(CC1CC1)N1CCC[C@H]1CO. The summed E-state index contributed by atoms with van der Waals surface area (Å²) in [5.41, 5.74) is 0. The molecule has 1 N–H and O–H groups in total. The third-order valence-corrected chi connectivity index (χ3v) is 3.07. The average Bonchev–Trinajstić information content (AvgIpc) is 2.82. The van der Waals surface area contributed by atoms with Crippen molar-refractivity contribution in [2.75, 3.05) is 13.2 Å². The lowest BCUT2D eigenvalue weighted by Gasteiger charge is -2.22. The van der Waals surface area contributed by atoms with Crippen molar-refractivity contribution in [2.45, 2.75) is 38.1 Å².